The van der Waals surface area contributed by atoms with Gasteiger partial charge in [-0.05, 0) is 74.8 Å². The fourth-order valence-corrected chi connectivity index (χ4v) is 6.29. The van der Waals surface area contributed by atoms with E-state index in [1.807, 2.05) is 7.05 Å². The van der Waals surface area contributed by atoms with E-state index >= 15 is 0 Å². The molecular formula is C20H27N3O3. The summed E-state index contributed by atoms with van der Waals surface area (Å²) in [4.78, 5) is 25.1. The van der Waals surface area contributed by atoms with Gasteiger partial charge >= 0.3 is 0 Å². The van der Waals surface area contributed by atoms with E-state index in [9.17, 15) is 14.9 Å². The van der Waals surface area contributed by atoms with Crippen molar-refractivity contribution in [1.29, 1.82) is 0 Å². The van der Waals surface area contributed by atoms with Crippen molar-refractivity contribution in [1.82, 2.24) is 4.90 Å². The van der Waals surface area contributed by atoms with Crippen molar-refractivity contribution in [2.75, 3.05) is 25.5 Å². The number of hydrogen-bond donors (Lipinski definition) is 1. The Hall–Kier alpha value is -1.95. The maximum Gasteiger partial charge on any atom is 0.292 e. The highest BCUT2D eigenvalue weighted by molar-refractivity contribution is 5.94. The van der Waals surface area contributed by atoms with Crippen LogP contribution >= 0.6 is 0 Å². The van der Waals surface area contributed by atoms with Crippen molar-refractivity contribution < 1.29 is 9.72 Å². The van der Waals surface area contributed by atoms with E-state index in [1.54, 1.807) is 18.2 Å². The standard InChI is InChI=1S/C20H27N3O3/c1-22(12-19(24)21-17-4-2-3-5-18(17)23(25)26)13-20-9-14-6-15(10-20)8-16(7-14)11-20/h2-5,14-16H,6-13H2,1H3,(H,21,24). The van der Waals surface area contributed by atoms with Gasteiger partial charge in [0.2, 0.25) is 5.91 Å². The molecule has 140 valence electrons. The molecule has 0 aliphatic heterocycles. The molecule has 4 aliphatic rings. The van der Waals surface area contributed by atoms with Crippen LogP contribution in [-0.2, 0) is 4.79 Å². The van der Waals surface area contributed by atoms with Crippen LogP contribution in [0, 0.1) is 33.3 Å². The number of likely N-dealkylation sites (N-methyl/N-ethyl adjacent to an activating group) is 1. The second kappa shape index (κ2) is 6.65. The quantitative estimate of drug-likeness (QED) is 0.622. The summed E-state index contributed by atoms with van der Waals surface area (Å²) in [5, 5.41) is 13.8. The van der Waals surface area contributed by atoms with Crippen LogP contribution in [0.5, 0.6) is 0 Å². The van der Waals surface area contributed by atoms with Gasteiger partial charge in [0.25, 0.3) is 5.69 Å². The second-order valence-electron chi connectivity index (χ2n) is 8.91. The van der Waals surface area contributed by atoms with Crippen LogP contribution in [0.25, 0.3) is 0 Å². The first kappa shape index (κ1) is 17.5. The van der Waals surface area contributed by atoms with Crippen molar-refractivity contribution >= 4 is 17.3 Å². The Balaban J connectivity index is 1.36. The summed E-state index contributed by atoms with van der Waals surface area (Å²) >= 11 is 0. The third-order valence-corrected chi connectivity index (χ3v) is 6.56. The van der Waals surface area contributed by atoms with Crippen LogP contribution < -0.4 is 5.32 Å². The molecule has 26 heavy (non-hydrogen) atoms. The Kier molecular flexibility index (Phi) is 4.47. The number of carbonyl (C=O) groups is 1. The molecule has 1 amide bonds. The summed E-state index contributed by atoms with van der Waals surface area (Å²) < 4.78 is 0. The fourth-order valence-electron chi connectivity index (χ4n) is 6.29. The highest BCUT2D eigenvalue weighted by Gasteiger charge is 2.51. The lowest BCUT2D eigenvalue weighted by Gasteiger charge is -2.57. The molecule has 4 saturated carbocycles. The maximum atomic E-state index is 12.4. The fraction of sp³-hybridized carbons (Fsp3) is 0.650. The number of amides is 1. The predicted molar refractivity (Wildman–Crippen MR) is 99.8 cm³/mol. The first-order chi connectivity index (χ1) is 12.4. The summed E-state index contributed by atoms with van der Waals surface area (Å²) in [6.45, 7) is 1.23. The normalized spacial score (nSPS) is 32.0. The van der Waals surface area contributed by atoms with Crippen LogP contribution in [-0.4, -0.2) is 35.9 Å². The van der Waals surface area contributed by atoms with Crippen molar-refractivity contribution in [3.63, 3.8) is 0 Å². The van der Waals surface area contributed by atoms with Gasteiger partial charge < -0.3 is 5.32 Å². The summed E-state index contributed by atoms with van der Waals surface area (Å²) in [6, 6.07) is 6.29. The average molecular weight is 357 g/mol. The monoisotopic (exact) mass is 357 g/mol. The summed E-state index contributed by atoms with van der Waals surface area (Å²) in [6.07, 6.45) is 8.20. The molecule has 6 nitrogen and oxygen atoms in total. The van der Waals surface area contributed by atoms with Gasteiger partial charge in [0, 0.05) is 12.6 Å². The third kappa shape index (κ3) is 3.47. The van der Waals surface area contributed by atoms with E-state index in [2.05, 4.69) is 10.2 Å². The van der Waals surface area contributed by atoms with Crippen molar-refractivity contribution in [3.8, 4) is 0 Å². The molecule has 5 rings (SSSR count). The van der Waals surface area contributed by atoms with Gasteiger partial charge in [-0.25, -0.2) is 0 Å². The van der Waals surface area contributed by atoms with E-state index in [-0.39, 0.29) is 23.8 Å². The number of anilines is 1. The molecule has 4 bridgehead atoms. The molecule has 0 heterocycles. The van der Waals surface area contributed by atoms with Crippen LogP contribution in [0.2, 0.25) is 0 Å². The Morgan fingerprint density at radius 1 is 1.19 bits per heavy atom. The zero-order valence-electron chi connectivity index (χ0n) is 15.3. The predicted octanol–water partition coefficient (Wildman–Crippen LogP) is 3.68. The highest BCUT2D eigenvalue weighted by atomic mass is 16.6. The van der Waals surface area contributed by atoms with Crippen LogP contribution in [0.3, 0.4) is 0 Å². The molecule has 0 spiro atoms. The molecule has 0 unspecified atom stereocenters. The Bertz CT molecular complexity index is 683. The van der Waals surface area contributed by atoms with Crippen LogP contribution in [0.15, 0.2) is 24.3 Å². The molecule has 4 fully saturated rings. The van der Waals surface area contributed by atoms with E-state index in [1.165, 1.54) is 44.6 Å². The molecule has 0 radical (unpaired) electrons. The zero-order valence-corrected chi connectivity index (χ0v) is 15.3. The van der Waals surface area contributed by atoms with Gasteiger partial charge in [-0.1, -0.05) is 12.1 Å². The molecule has 0 atom stereocenters. The van der Waals surface area contributed by atoms with Crippen LogP contribution in [0.1, 0.15) is 38.5 Å². The molecule has 0 saturated heterocycles. The second-order valence-corrected chi connectivity index (χ2v) is 8.91. The number of hydrogen-bond acceptors (Lipinski definition) is 4. The van der Waals surface area contributed by atoms with Crippen LogP contribution in [0.4, 0.5) is 11.4 Å². The number of benzene rings is 1. The van der Waals surface area contributed by atoms with E-state index in [4.69, 9.17) is 0 Å². The topological polar surface area (TPSA) is 75.5 Å². The smallest absolute Gasteiger partial charge is 0.292 e. The molecule has 6 heteroatoms. The summed E-state index contributed by atoms with van der Waals surface area (Å²) in [7, 11) is 2.00. The van der Waals surface area contributed by atoms with Crippen molar-refractivity contribution in [2.45, 2.75) is 38.5 Å². The molecule has 4 aliphatic carbocycles. The van der Waals surface area contributed by atoms with Gasteiger partial charge in [-0.15, -0.1) is 0 Å². The Morgan fingerprint density at radius 2 is 1.77 bits per heavy atom. The first-order valence-electron chi connectivity index (χ1n) is 9.64. The minimum atomic E-state index is -0.464. The average Bonchev–Trinajstić information content (AvgIpc) is 2.52. The summed E-state index contributed by atoms with van der Waals surface area (Å²) in [5.41, 5.74) is 0.595. The van der Waals surface area contributed by atoms with E-state index in [0.29, 0.717) is 5.41 Å². The number of nitro benzene ring substituents is 1. The highest BCUT2D eigenvalue weighted by Crippen LogP contribution is 2.60. The molecule has 1 aromatic rings. The number of rotatable bonds is 6. The number of nitro groups is 1. The van der Waals surface area contributed by atoms with Gasteiger partial charge in [-0.2, -0.15) is 0 Å². The number of nitrogens with one attached hydrogen (secondary N) is 1. The molecule has 1 N–H and O–H groups in total. The Morgan fingerprint density at radius 3 is 2.35 bits per heavy atom. The minimum Gasteiger partial charge on any atom is -0.319 e. The lowest BCUT2D eigenvalue weighted by Crippen LogP contribution is -2.51. The van der Waals surface area contributed by atoms with Crippen molar-refractivity contribution in [3.05, 3.63) is 34.4 Å². The number of nitrogens with zero attached hydrogens (tertiary/aromatic N) is 2. The number of carbonyl (C=O) groups excluding carboxylic acids is 1. The summed E-state index contributed by atoms with van der Waals surface area (Å²) in [5.74, 6) is 2.51. The molecular weight excluding hydrogens is 330 g/mol. The minimum absolute atomic E-state index is 0.0652. The Labute approximate surface area is 154 Å². The van der Waals surface area contributed by atoms with Gasteiger partial charge in [0.05, 0.1) is 11.5 Å². The SMILES string of the molecule is CN(CC(=O)Nc1ccccc1[N+](=O)[O-])CC12CC3CC(CC(C3)C1)C2. The zero-order chi connectivity index (χ0) is 18.3. The maximum absolute atomic E-state index is 12.4. The third-order valence-electron chi connectivity index (χ3n) is 6.56. The molecule has 1 aromatic carbocycles. The lowest BCUT2D eigenvalue weighted by molar-refractivity contribution is -0.383. The van der Waals surface area contributed by atoms with Crippen molar-refractivity contribution in [2.24, 2.45) is 23.2 Å². The number of para-hydroxylation sites is 2. The lowest BCUT2D eigenvalue weighted by atomic mass is 9.49. The van der Waals surface area contributed by atoms with E-state index in [0.717, 1.165) is 24.3 Å². The van der Waals surface area contributed by atoms with Gasteiger partial charge in [0.1, 0.15) is 5.69 Å². The van der Waals surface area contributed by atoms with Gasteiger partial charge in [0.15, 0.2) is 0 Å². The first-order valence-corrected chi connectivity index (χ1v) is 9.64. The largest absolute Gasteiger partial charge is 0.319 e. The molecule has 0 aromatic heterocycles. The van der Waals surface area contributed by atoms with Gasteiger partial charge in [-0.3, -0.25) is 19.8 Å². The van der Waals surface area contributed by atoms with E-state index < -0.39 is 4.92 Å².